The van der Waals surface area contributed by atoms with E-state index in [0.29, 0.717) is 22.2 Å². The second kappa shape index (κ2) is 5.44. The predicted molar refractivity (Wildman–Crippen MR) is 78.4 cm³/mol. The van der Waals surface area contributed by atoms with E-state index >= 15 is 0 Å². The van der Waals surface area contributed by atoms with Crippen LogP contribution in [-0.2, 0) is 9.57 Å². The number of methoxy groups -OCH3 is 1. The summed E-state index contributed by atoms with van der Waals surface area (Å²) >= 11 is 3.43. The largest absolute Gasteiger partial charge is 0.486 e. The number of rotatable bonds is 2. The third-order valence-corrected chi connectivity index (χ3v) is 3.54. The number of ether oxygens (including phenoxy) is 2. The highest BCUT2D eigenvalue weighted by molar-refractivity contribution is 9.10. The van der Waals surface area contributed by atoms with Gasteiger partial charge in [-0.25, -0.2) is 4.79 Å². The Balaban J connectivity index is 2.60. The molecule has 0 saturated carbocycles. The maximum absolute atomic E-state index is 11.7. The van der Waals surface area contributed by atoms with Crippen LogP contribution in [0.15, 0.2) is 21.8 Å². The lowest BCUT2D eigenvalue weighted by molar-refractivity contribution is 0.0600. The first-order valence-corrected chi connectivity index (χ1v) is 6.88. The lowest BCUT2D eigenvalue weighted by atomic mass is 9.91. The van der Waals surface area contributed by atoms with E-state index in [2.05, 4.69) is 21.1 Å². The highest BCUT2D eigenvalue weighted by Gasteiger charge is 2.33. The van der Waals surface area contributed by atoms with Crippen molar-refractivity contribution in [2.75, 3.05) is 14.2 Å². The van der Waals surface area contributed by atoms with Gasteiger partial charge in [-0.1, -0.05) is 5.16 Å². The lowest BCUT2D eigenvalue weighted by Gasteiger charge is -2.33. The number of hydrogen-bond acceptors (Lipinski definition) is 5. The van der Waals surface area contributed by atoms with Gasteiger partial charge >= 0.3 is 5.97 Å². The van der Waals surface area contributed by atoms with Gasteiger partial charge in [0.1, 0.15) is 18.5 Å². The van der Waals surface area contributed by atoms with Crippen LogP contribution >= 0.6 is 15.9 Å². The van der Waals surface area contributed by atoms with E-state index in [1.54, 1.807) is 12.1 Å². The van der Waals surface area contributed by atoms with Crippen molar-refractivity contribution in [3.05, 3.63) is 27.7 Å². The molecular weight excluding hydrogens is 326 g/mol. The number of esters is 1. The van der Waals surface area contributed by atoms with E-state index in [4.69, 9.17) is 14.3 Å². The van der Waals surface area contributed by atoms with Crippen LogP contribution in [0.2, 0.25) is 0 Å². The summed E-state index contributed by atoms with van der Waals surface area (Å²) in [5.74, 6) is 0.250. The summed E-state index contributed by atoms with van der Waals surface area (Å²) in [6.07, 6.45) is 0.588. The molecule has 0 fully saturated rings. The van der Waals surface area contributed by atoms with Crippen molar-refractivity contribution in [3.8, 4) is 5.75 Å². The van der Waals surface area contributed by atoms with Crippen molar-refractivity contribution in [2.24, 2.45) is 5.16 Å². The van der Waals surface area contributed by atoms with Gasteiger partial charge in [0.15, 0.2) is 0 Å². The Morgan fingerprint density at radius 2 is 2.10 bits per heavy atom. The summed E-state index contributed by atoms with van der Waals surface area (Å²) < 4.78 is 11.4. The molecule has 0 unspecified atom stereocenters. The number of carbonyl (C=O) groups excluding carboxylic acids is 1. The highest BCUT2D eigenvalue weighted by Crippen LogP contribution is 2.39. The Bertz CT molecular complexity index is 581. The molecule has 6 heteroatoms. The Kier molecular flexibility index (Phi) is 4.04. The molecule has 0 spiro atoms. The molecule has 0 radical (unpaired) electrons. The smallest absolute Gasteiger partial charge is 0.337 e. The van der Waals surface area contributed by atoms with Crippen LogP contribution in [0.4, 0.5) is 0 Å². The fraction of sp³-hybridized carbons (Fsp3) is 0.429. The van der Waals surface area contributed by atoms with Crippen LogP contribution < -0.4 is 4.74 Å². The Morgan fingerprint density at radius 3 is 2.70 bits per heavy atom. The monoisotopic (exact) mass is 341 g/mol. The third kappa shape index (κ3) is 2.80. The number of hydrogen-bond donors (Lipinski definition) is 0. The van der Waals surface area contributed by atoms with Crippen LogP contribution in [0.3, 0.4) is 0 Å². The van der Waals surface area contributed by atoms with Crippen molar-refractivity contribution in [1.29, 1.82) is 0 Å². The molecule has 0 saturated heterocycles. The standard InChI is InChI=1S/C14H16BrNO4/c1-14(2)7-11(16-19-4)9-5-8(13(17)18-3)6-10(15)12(9)20-14/h5-6H,7H2,1-4H3. The molecule has 1 aliphatic heterocycles. The van der Waals surface area contributed by atoms with Gasteiger partial charge in [-0.05, 0) is 41.9 Å². The first-order chi connectivity index (χ1) is 9.38. The number of fused-ring (bicyclic) bond motifs is 1. The van der Waals surface area contributed by atoms with Gasteiger partial charge in [0.2, 0.25) is 0 Å². The zero-order valence-electron chi connectivity index (χ0n) is 11.8. The van der Waals surface area contributed by atoms with Gasteiger partial charge in [0, 0.05) is 12.0 Å². The van der Waals surface area contributed by atoms with Crippen LogP contribution in [-0.4, -0.2) is 31.5 Å². The average molecular weight is 342 g/mol. The highest BCUT2D eigenvalue weighted by atomic mass is 79.9. The fourth-order valence-electron chi connectivity index (χ4n) is 2.15. The first kappa shape index (κ1) is 14.8. The molecule has 1 heterocycles. The second-order valence-corrected chi connectivity index (χ2v) is 5.94. The van der Waals surface area contributed by atoms with Gasteiger partial charge in [0.25, 0.3) is 0 Å². The molecule has 5 nitrogen and oxygen atoms in total. The van der Waals surface area contributed by atoms with Crippen molar-refractivity contribution in [2.45, 2.75) is 25.9 Å². The Hall–Kier alpha value is -1.56. The number of oxime groups is 1. The first-order valence-electron chi connectivity index (χ1n) is 6.09. The normalized spacial score (nSPS) is 18.1. The van der Waals surface area contributed by atoms with E-state index in [1.807, 2.05) is 13.8 Å². The molecule has 1 aromatic rings. The van der Waals surface area contributed by atoms with Crippen molar-refractivity contribution < 1.29 is 19.1 Å². The second-order valence-electron chi connectivity index (χ2n) is 5.09. The van der Waals surface area contributed by atoms with Gasteiger partial charge in [0.05, 0.1) is 22.9 Å². The minimum Gasteiger partial charge on any atom is -0.486 e. The van der Waals surface area contributed by atoms with Crippen molar-refractivity contribution in [3.63, 3.8) is 0 Å². The summed E-state index contributed by atoms with van der Waals surface area (Å²) in [5.41, 5.74) is 1.52. The summed E-state index contributed by atoms with van der Waals surface area (Å²) in [4.78, 5) is 16.6. The quantitative estimate of drug-likeness (QED) is 0.612. The number of carbonyl (C=O) groups is 1. The molecule has 0 bridgehead atoms. The molecule has 1 aliphatic rings. The Morgan fingerprint density at radius 1 is 1.40 bits per heavy atom. The van der Waals surface area contributed by atoms with Crippen LogP contribution in [0.25, 0.3) is 0 Å². The molecule has 2 rings (SSSR count). The van der Waals surface area contributed by atoms with Gasteiger partial charge in [-0.3, -0.25) is 0 Å². The van der Waals surface area contributed by atoms with E-state index in [9.17, 15) is 4.79 Å². The van der Waals surface area contributed by atoms with Crippen LogP contribution in [0.5, 0.6) is 5.75 Å². The molecule has 0 atom stereocenters. The minimum atomic E-state index is -0.407. The van der Waals surface area contributed by atoms with Crippen LogP contribution in [0, 0.1) is 0 Å². The molecule has 108 valence electrons. The lowest BCUT2D eigenvalue weighted by Crippen LogP contribution is -2.36. The van der Waals surface area contributed by atoms with Gasteiger partial charge in [-0.15, -0.1) is 0 Å². The molecule has 0 amide bonds. The van der Waals surface area contributed by atoms with Crippen molar-refractivity contribution in [1.82, 2.24) is 0 Å². The molecule has 1 aromatic carbocycles. The predicted octanol–water partition coefficient (Wildman–Crippen LogP) is 3.15. The third-order valence-electron chi connectivity index (χ3n) is 2.95. The maximum atomic E-state index is 11.7. The number of benzene rings is 1. The fourth-order valence-corrected chi connectivity index (χ4v) is 2.69. The number of nitrogens with zero attached hydrogens (tertiary/aromatic N) is 1. The van der Waals surface area contributed by atoms with E-state index < -0.39 is 5.97 Å². The van der Waals surface area contributed by atoms with Gasteiger partial charge in [-0.2, -0.15) is 0 Å². The zero-order chi connectivity index (χ0) is 14.9. The number of halogens is 1. The van der Waals surface area contributed by atoms with Crippen LogP contribution in [0.1, 0.15) is 36.2 Å². The summed E-state index contributed by atoms with van der Waals surface area (Å²) in [7, 11) is 2.84. The maximum Gasteiger partial charge on any atom is 0.337 e. The van der Waals surface area contributed by atoms with E-state index in [0.717, 1.165) is 11.3 Å². The zero-order valence-corrected chi connectivity index (χ0v) is 13.4. The van der Waals surface area contributed by atoms with E-state index in [-0.39, 0.29) is 5.60 Å². The topological polar surface area (TPSA) is 57.1 Å². The molecule has 0 N–H and O–H groups in total. The van der Waals surface area contributed by atoms with Gasteiger partial charge < -0.3 is 14.3 Å². The Labute approximate surface area is 126 Å². The SMILES string of the molecule is CON=C1CC(C)(C)Oc2c(Br)cc(C(=O)OC)cc21. The molecule has 20 heavy (non-hydrogen) atoms. The molecule has 0 aromatic heterocycles. The summed E-state index contributed by atoms with van der Waals surface area (Å²) in [6, 6.07) is 3.38. The average Bonchev–Trinajstić information content (AvgIpc) is 2.38. The molecule has 0 aliphatic carbocycles. The molecular formula is C14H16BrNO4. The van der Waals surface area contributed by atoms with E-state index in [1.165, 1.54) is 14.2 Å². The summed E-state index contributed by atoms with van der Waals surface area (Å²) in [5, 5.41) is 4.05. The summed E-state index contributed by atoms with van der Waals surface area (Å²) in [6.45, 7) is 3.95. The van der Waals surface area contributed by atoms with Crippen molar-refractivity contribution >= 4 is 27.6 Å². The minimum absolute atomic E-state index is 0.389.